The predicted molar refractivity (Wildman–Crippen MR) is 157 cm³/mol. The van der Waals surface area contributed by atoms with Gasteiger partial charge >= 0.3 is 0 Å². The van der Waals surface area contributed by atoms with E-state index >= 15 is 0 Å². The van der Waals surface area contributed by atoms with Crippen LogP contribution in [-0.4, -0.2) is 0 Å². The average Bonchev–Trinajstić information content (AvgIpc) is 3.31. The lowest BCUT2D eigenvalue weighted by Crippen LogP contribution is -1.97. The third-order valence-corrected chi connectivity index (χ3v) is 7.75. The summed E-state index contributed by atoms with van der Waals surface area (Å²) in [5.41, 5.74) is 11.2. The van der Waals surface area contributed by atoms with Crippen molar-refractivity contribution in [2.24, 2.45) is 0 Å². The predicted octanol–water partition coefficient (Wildman–Crippen LogP) is 10.5. The van der Waals surface area contributed by atoms with E-state index in [1.54, 1.807) is 0 Å². The van der Waals surface area contributed by atoms with E-state index in [1.807, 2.05) is 0 Å². The van der Waals surface area contributed by atoms with Gasteiger partial charge in [0, 0.05) is 27.3 Å². The van der Waals surface area contributed by atoms with Crippen LogP contribution in [0.15, 0.2) is 114 Å². The highest BCUT2D eigenvalue weighted by Crippen LogP contribution is 2.51. The molecule has 0 saturated carbocycles. The van der Waals surface area contributed by atoms with Crippen molar-refractivity contribution >= 4 is 32.7 Å². The number of fused-ring (bicyclic) bond motifs is 6. The monoisotopic (exact) mass is 488 g/mol. The molecule has 7 aromatic rings. The molecule has 0 radical (unpaired) electrons. The van der Waals surface area contributed by atoms with Gasteiger partial charge in [-0.15, -0.1) is 0 Å². The topological polar surface area (TPSA) is 22.4 Å². The Labute approximate surface area is 220 Å². The van der Waals surface area contributed by atoms with Crippen LogP contribution in [0.1, 0.15) is 11.1 Å². The minimum atomic E-state index is 0.876. The molecule has 1 aliphatic heterocycles. The first-order chi connectivity index (χ1) is 18.6. The molecule has 180 valence electrons. The molecule has 1 aromatic heterocycles. The van der Waals surface area contributed by atoms with Crippen LogP contribution in [0.4, 0.5) is 0 Å². The fraction of sp³-hybridized carbons (Fsp3) is 0.0556. The van der Waals surface area contributed by atoms with E-state index in [0.717, 1.165) is 66.5 Å². The maximum Gasteiger partial charge on any atom is 0.136 e. The average molecular weight is 489 g/mol. The molecule has 0 saturated heterocycles. The number of hydrogen-bond acceptors (Lipinski definition) is 2. The molecule has 6 aromatic carbocycles. The summed E-state index contributed by atoms with van der Waals surface area (Å²) in [6, 6.07) is 38.8. The van der Waals surface area contributed by atoms with Gasteiger partial charge < -0.3 is 9.15 Å². The summed E-state index contributed by atoms with van der Waals surface area (Å²) in [5.74, 6) is 1.76. The zero-order valence-electron chi connectivity index (χ0n) is 21.2. The van der Waals surface area contributed by atoms with Crippen molar-refractivity contribution in [1.82, 2.24) is 0 Å². The highest BCUT2D eigenvalue weighted by Gasteiger charge is 2.24. The molecular weight excluding hydrogens is 464 g/mol. The Bertz CT molecular complexity index is 2080. The molecule has 8 rings (SSSR count). The van der Waals surface area contributed by atoms with Crippen molar-refractivity contribution in [2.75, 3.05) is 0 Å². The van der Waals surface area contributed by atoms with Crippen molar-refractivity contribution in [2.45, 2.75) is 13.8 Å². The molecular formula is C36H24O2. The van der Waals surface area contributed by atoms with Crippen molar-refractivity contribution in [3.63, 3.8) is 0 Å². The van der Waals surface area contributed by atoms with Gasteiger partial charge in [-0.3, -0.25) is 0 Å². The Hall–Kier alpha value is -4.82. The van der Waals surface area contributed by atoms with Crippen LogP contribution in [-0.2, 0) is 0 Å². The Balaban J connectivity index is 1.35. The van der Waals surface area contributed by atoms with Gasteiger partial charge in [0.2, 0.25) is 0 Å². The Morgan fingerprint density at radius 2 is 1.13 bits per heavy atom. The normalized spacial score (nSPS) is 12.2. The van der Waals surface area contributed by atoms with Crippen LogP contribution in [0.3, 0.4) is 0 Å². The van der Waals surface area contributed by atoms with Gasteiger partial charge in [0.25, 0.3) is 0 Å². The van der Waals surface area contributed by atoms with Crippen LogP contribution >= 0.6 is 0 Å². The second-order valence-electron chi connectivity index (χ2n) is 10.3. The van der Waals surface area contributed by atoms with Crippen LogP contribution in [0.5, 0.6) is 11.5 Å². The van der Waals surface area contributed by atoms with Gasteiger partial charge in [-0.1, -0.05) is 83.9 Å². The van der Waals surface area contributed by atoms with Gasteiger partial charge in [0.15, 0.2) is 0 Å². The van der Waals surface area contributed by atoms with Gasteiger partial charge in [-0.2, -0.15) is 0 Å². The summed E-state index contributed by atoms with van der Waals surface area (Å²) in [7, 11) is 0. The quantitative estimate of drug-likeness (QED) is 0.241. The van der Waals surface area contributed by atoms with Crippen molar-refractivity contribution < 1.29 is 9.15 Å². The van der Waals surface area contributed by atoms with Crippen LogP contribution < -0.4 is 4.74 Å². The van der Waals surface area contributed by atoms with E-state index in [4.69, 9.17) is 9.15 Å². The molecule has 0 bridgehead atoms. The largest absolute Gasteiger partial charge is 0.456 e. The van der Waals surface area contributed by atoms with E-state index < -0.39 is 0 Å². The fourth-order valence-electron chi connectivity index (χ4n) is 5.97. The molecule has 0 N–H and O–H groups in total. The summed E-state index contributed by atoms with van der Waals surface area (Å²) in [6.45, 7) is 4.25. The lowest BCUT2D eigenvalue weighted by Gasteiger charge is -2.22. The van der Waals surface area contributed by atoms with Gasteiger partial charge in [0.05, 0.1) is 0 Å². The SMILES string of the molecule is Cc1cccc(-c2ccc3c(c2)Oc2cccc4c2c-3cc2oc3cc(-c5cccc(C)c5)ccc3c24)c1. The fourth-order valence-corrected chi connectivity index (χ4v) is 5.97. The van der Waals surface area contributed by atoms with Crippen molar-refractivity contribution in [3.05, 3.63) is 120 Å². The highest BCUT2D eigenvalue weighted by molar-refractivity contribution is 6.24. The van der Waals surface area contributed by atoms with E-state index in [1.165, 1.54) is 22.3 Å². The van der Waals surface area contributed by atoms with E-state index in [0.29, 0.717) is 0 Å². The maximum absolute atomic E-state index is 6.54. The molecule has 0 atom stereocenters. The van der Waals surface area contributed by atoms with E-state index in [9.17, 15) is 0 Å². The lowest BCUT2D eigenvalue weighted by atomic mass is 9.90. The summed E-state index contributed by atoms with van der Waals surface area (Å²) in [5, 5.41) is 4.56. The van der Waals surface area contributed by atoms with Crippen molar-refractivity contribution in [3.8, 4) is 44.9 Å². The second kappa shape index (κ2) is 7.84. The maximum atomic E-state index is 6.54. The third kappa shape index (κ3) is 3.13. The number of benzene rings is 6. The van der Waals surface area contributed by atoms with Gasteiger partial charge in [-0.05, 0) is 77.9 Å². The molecule has 0 amide bonds. The molecule has 0 fully saturated rings. The number of aryl methyl sites for hydroxylation is 2. The molecule has 1 aliphatic rings. The van der Waals surface area contributed by atoms with E-state index in [2.05, 4.69) is 123 Å². The van der Waals surface area contributed by atoms with Crippen LogP contribution in [0.25, 0.3) is 66.1 Å². The third-order valence-electron chi connectivity index (χ3n) is 7.75. The zero-order chi connectivity index (χ0) is 25.4. The van der Waals surface area contributed by atoms with Gasteiger partial charge in [0.1, 0.15) is 22.7 Å². The molecule has 0 unspecified atom stereocenters. The number of hydrogen-bond donors (Lipinski definition) is 0. The summed E-state index contributed by atoms with van der Waals surface area (Å²) < 4.78 is 13.1. The highest BCUT2D eigenvalue weighted by atomic mass is 16.5. The van der Waals surface area contributed by atoms with E-state index in [-0.39, 0.29) is 0 Å². The first-order valence-corrected chi connectivity index (χ1v) is 13.0. The first-order valence-electron chi connectivity index (χ1n) is 13.0. The summed E-state index contributed by atoms with van der Waals surface area (Å²) in [6.07, 6.45) is 0. The standard InChI is InChI=1S/C36H24O2/c1-21-6-3-8-23(16-21)25-12-14-27-30-20-34-35(29-10-5-11-31(36(29)30)37-32(27)18-25)28-15-13-26(19-33(28)38-34)24-9-4-7-22(2)17-24/h3-20H,1-2H3. The summed E-state index contributed by atoms with van der Waals surface area (Å²) >= 11 is 0. The lowest BCUT2D eigenvalue weighted by molar-refractivity contribution is 0.487. The number of ether oxygens (including phenoxy) is 1. The molecule has 2 heteroatoms. The molecule has 38 heavy (non-hydrogen) atoms. The van der Waals surface area contributed by atoms with Crippen molar-refractivity contribution in [1.29, 1.82) is 0 Å². The Kier molecular flexibility index (Phi) is 4.39. The molecule has 2 nitrogen and oxygen atoms in total. The first kappa shape index (κ1) is 21.3. The zero-order valence-corrected chi connectivity index (χ0v) is 21.2. The van der Waals surface area contributed by atoms with Crippen LogP contribution in [0, 0.1) is 13.8 Å². The second-order valence-corrected chi connectivity index (χ2v) is 10.3. The number of rotatable bonds is 2. The Morgan fingerprint density at radius 1 is 0.447 bits per heavy atom. The summed E-state index contributed by atoms with van der Waals surface area (Å²) in [4.78, 5) is 0. The minimum Gasteiger partial charge on any atom is -0.456 e. The number of furan rings is 1. The van der Waals surface area contributed by atoms with Gasteiger partial charge in [-0.25, -0.2) is 0 Å². The minimum absolute atomic E-state index is 0.876. The molecule has 2 heterocycles. The Morgan fingerprint density at radius 3 is 1.89 bits per heavy atom. The van der Waals surface area contributed by atoms with Crippen LogP contribution in [0.2, 0.25) is 0 Å². The molecule has 0 spiro atoms. The smallest absolute Gasteiger partial charge is 0.136 e. The molecule has 0 aliphatic carbocycles.